The number of hydrogen-bond acceptors (Lipinski definition) is 3. The highest BCUT2D eigenvalue weighted by Gasteiger charge is 2.30. The Balaban J connectivity index is 1.33. The standard InChI is InChI=1S/C28H37NO3/c1-28(2,3)24-9-13-26(14-10-24)32-25-11-7-21(8-12-25)22-6-4-5-20(17-22)18-29-16-15-23(19-29)27(30)31/h4-8,11-12,17,23-24,26H,9-10,13-16,18-19H2,1-3H3,(H,30,31). The smallest absolute Gasteiger partial charge is 0.307 e. The van der Waals surface area contributed by atoms with Crippen LogP contribution < -0.4 is 4.74 Å². The predicted molar refractivity (Wildman–Crippen MR) is 129 cm³/mol. The number of carbonyl (C=O) groups is 1. The normalized spacial score (nSPS) is 24.4. The van der Waals surface area contributed by atoms with E-state index in [0.29, 0.717) is 18.1 Å². The highest BCUT2D eigenvalue weighted by atomic mass is 16.5. The van der Waals surface area contributed by atoms with Crippen LogP contribution in [-0.2, 0) is 11.3 Å². The van der Waals surface area contributed by atoms with Crippen LogP contribution in [0.3, 0.4) is 0 Å². The van der Waals surface area contributed by atoms with Crippen LogP contribution in [0.1, 0.15) is 58.4 Å². The van der Waals surface area contributed by atoms with Gasteiger partial charge in [-0.2, -0.15) is 0 Å². The van der Waals surface area contributed by atoms with E-state index in [-0.39, 0.29) is 5.92 Å². The summed E-state index contributed by atoms with van der Waals surface area (Å²) >= 11 is 0. The van der Waals surface area contributed by atoms with Gasteiger partial charge in [-0.3, -0.25) is 9.69 Å². The van der Waals surface area contributed by atoms with Crippen LogP contribution in [0, 0.1) is 17.3 Å². The zero-order valence-corrected chi connectivity index (χ0v) is 19.7. The van der Waals surface area contributed by atoms with Crippen molar-refractivity contribution in [3.8, 4) is 16.9 Å². The van der Waals surface area contributed by atoms with Gasteiger partial charge in [-0.05, 0) is 84.9 Å². The number of likely N-dealkylation sites (tertiary alicyclic amines) is 1. The van der Waals surface area contributed by atoms with E-state index in [1.54, 1.807) is 0 Å². The van der Waals surface area contributed by atoms with Gasteiger partial charge in [-0.15, -0.1) is 0 Å². The lowest BCUT2D eigenvalue weighted by molar-refractivity contribution is -0.141. The lowest BCUT2D eigenvalue weighted by Gasteiger charge is -2.36. The minimum atomic E-state index is -0.675. The zero-order chi connectivity index (χ0) is 22.7. The minimum absolute atomic E-state index is 0.228. The molecule has 32 heavy (non-hydrogen) atoms. The zero-order valence-electron chi connectivity index (χ0n) is 19.7. The van der Waals surface area contributed by atoms with Crippen molar-refractivity contribution in [2.75, 3.05) is 13.1 Å². The largest absolute Gasteiger partial charge is 0.490 e. The number of rotatable bonds is 6. The summed E-state index contributed by atoms with van der Waals surface area (Å²) in [6.45, 7) is 9.35. The lowest BCUT2D eigenvalue weighted by atomic mass is 9.72. The molecule has 1 unspecified atom stereocenters. The summed E-state index contributed by atoms with van der Waals surface area (Å²) in [5.74, 6) is 0.855. The predicted octanol–water partition coefficient (Wildman–Crippen LogP) is 6.24. The Bertz CT molecular complexity index is 907. The molecule has 2 aromatic carbocycles. The van der Waals surface area contributed by atoms with E-state index < -0.39 is 5.97 Å². The molecule has 1 atom stereocenters. The van der Waals surface area contributed by atoms with Crippen molar-refractivity contribution >= 4 is 5.97 Å². The van der Waals surface area contributed by atoms with E-state index in [2.05, 4.69) is 74.2 Å². The Hall–Kier alpha value is -2.33. The molecule has 0 amide bonds. The van der Waals surface area contributed by atoms with Crippen molar-refractivity contribution in [3.63, 3.8) is 0 Å². The van der Waals surface area contributed by atoms with Gasteiger partial charge in [0.1, 0.15) is 5.75 Å². The average molecular weight is 436 g/mol. The van der Waals surface area contributed by atoms with Crippen LogP contribution in [0.4, 0.5) is 0 Å². The lowest BCUT2D eigenvalue weighted by Crippen LogP contribution is -2.30. The number of hydrogen-bond donors (Lipinski definition) is 1. The molecule has 1 N–H and O–H groups in total. The first-order chi connectivity index (χ1) is 15.3. The Kier molecular flexibility index (Phi) is 6.90. The Labute approximate surface area is 192 Å². The molecule has 1 aliphatic carbocycles. The second kappa shape index (κ2) is 9.66. The molecular weight excluding hydrogens is 398 g/mol. The van der Waals surface area contributed by atoms with Gasteiger partial charge in [0, 0.05) is 13.1 Å². The van der Waals surface area contributed by atoms with Crippen molar-refractivity contribution < 1.29 is 14.6 Å². The molecule has 2 fully saturated rings. The molecule has 0 bridgehead atoms. The van der Waals surface area contributed by atoms with E-state index in [1.165, 1.54) is 29.5 Å². The summed E-state index contributed by atoms with van der Waals surface area (Å²) in [5, 5.41) is 9.22. The highest BCUT2D eigenvalue weighted by molar-refractivity contribution is 5.70. The molecule has 1 heterocycles. The molecule has 0 aromatic heterocycles. The fourth-order valence-corrected chi connectivity index (χ4v) is 5.25. The van der Waals surface area contributed by atoms with Crippen LogP contribution >= 0.6 is 0 Å². The molecule has 0 spiro atoms. The maximum absolute atomic E-state index is 11.2. The van der Waals surface area contributed by atoms with Crippen molar-refractivity contribution in [1.82, 2.24) is 4.90 Å². The van der Waals surface area contributed by atoms with Crippen LogP contribution in [0.25, 0.3) is 11.1 Å². The van der Waals surface area contributed by atoms with Crippen LogP contribution in [0.15, 0.2) is 48.5 Å². The number of aliphatic carboxylic acids is 1. The third kappa shape index (κ3) is 5.72. The molecule has 4 rings (SSSR count). The molecule has 2 aliphatic rings. The molecule has 0 radical (unpaired) electrons. The first-order valence-corrected chi connectivity index (χ1v) is 12.1. The molecule has 1 saturated heterocycles. The average Bonchev–Trinajstić information content (AvgIpc) is 3.23. The van der Waals surface area contributed by atoms with Crippen molar-refractivity contribution in [2.24, 2.45) is 17.3 Å². The number of benzene rings is 2. The van der Waals surface area contributed by atoms with Gasteiger partial charge in [-0.25, -0.2) is 0 Å². The quantitative estimate of drug-likeness (QED) is 0.583. The summed E-state index contributed by atoms with van der Waals surface area (Å²) in [6.07, 6.45) is 5.87. The number of carboxylic acids is 1. The summed E-state index contributed by atoms with van der Waals surface area (Å²) < 4.78 is 6.29. The molecular formula is C28H37NO3. The van der Waals surface area contributed by atoms with E-state index in [9.17, 15) is 9.90 Å². The summed E-state index contributed by atoms with van der Waals surface area (Å²) in [5.41, 5.74) is 3.99. The second-order valence-electron chi connectivity index (χ2n) is 10.7. The van der Waals surface area contributed by atoms with Crippen molar-refractivity contribution in [1.29, 1.82) is 0 Å². The number of carboxylic acid groups (broad SMARTS) is 1. The van der Waals surface area contributed by atoms with E-state index >= 15 is 0 Å². The van der Waals surface area contributed by atoms with E-state index in [0.717, 1.165) is 44.0 Å². The van der Waals surface area contributed by atoms with Gasteiger partial charge >= 0.3 is 5.97 Å². The van der Waals surface area contributed by atoms with Crippen molar-refractivity contribution in [3.05, 3.63) is 54.1 Å². The molecule has 1 saturated carbocycles. The number of nitrogens with zero attached hydrogens (tertiary/aromatic N) is 1. The van der Waals surface area contributed by atoms with Gasteiger partial charge in [0.2, 0.25) is 0 Å². The third-order valence-corrected chi connectivity index (χ3v) is 7.34. The minimum Gasteiger partial charge on any atom is -0.490 e. The van der Waals surface area contributed by atoms with Gasteiger partial charge in [0.25, 0.3) is 0 Å². The fraction of sp³-hybridized carbons (Fsp3) is 0.536. The van der Waals surface area contributed by atoms with Crippen molar-refractivity contribution in [2.45, 2.75) is 65.5 Å². The van der Waals surface area contributed by atoms with Crippen LogP contribution in [0.2, 0.25) is 0 Å². The van der Waals surface area contributed by atoms with E-state index in [1.807, 2.05) is 0 Å². The Morgan fingerprint density at radius 3 is 2.34 bits per heavy atom. The highest BCUT2D eigenvalue weighted by Crippen LogP contribution is 2.39. The third-order valence-electron chi connectivity index (χ3n) is 7.34. The Morgan fingerprint density at radius 1 is 1.00 bits per heavy atom. The van der Waals surface area contributed by atoms with E-state index in [4.69, 9.17) is 4.74 Å². The van der Waals surface area contributed by atoms with Crippen LogP contribution in [0.5, 0.6) is 5.75 Å². The summed E-state index contributed by atoms with van der Waals surface area (Å²) in [6, 6.07) is 17.0. The molecule has 4 nitrogen and oxygen atoms in total. The van der Waals surface area contributed by atoms with Gasteiger partial charge in [-0.1, -0.05) is 51.1 Å². The number of ether oxygens (including phenoxy) is 1. The second-order valence-corrected chi connectivity index (χ2v) is 10.7. The molecule has 172 valence electrons. The van der Waals surface area contributed by atoms with Gasteiger partial charge < -0.3 is 9.84 Å². The summed E-state index contributed by atoms with van der Waals surface area (Å²) in [7, 11) is 0. The van der Waals surface area contributed by atoms with Gasteiger partial charge in [0.15, 0.2) is 0 Å². The maximum atomic E-state index is 11.2. The topological polar surface area (TPSA) is 49.8 Å². The fourth-order valence-electron chi connectivity index (χ4n) is 5.25. The molecule has 4 heteroatoms. The molecule has 1 aliphatic heterocycles. The SMILES string of the molecule is CC(C)(C)C1CCC(Oc2ccc(-c3cccc(CN4CCC(C(=O)O)C4)c3)cc2)CC1. The first kappa shape index (κ1) is 22.8. The Morgan fingerprint density at radius 2 is 1.72 bits per heavy atom. The molecule has 2 aromatic rings. The summed E-state index contributed by atoms with van der Waals surface area (Å²) in [4.78, 5) is 13.4. The maximum Gasteiger partial charge on any atom is 0.307 e. The first-order valence-electron chi connectivity index (χ1n) is 12.1. The monoisotopic (exact) mass is 435 g/mol. The van der Waals surface area contributed by atoms with Gasteiger partial charge in [0.05, 0.1) is 12.0 Å². The van der Waals surface area contributed by atoms with Crippen LogP contribution in [-0.4, -0.2) is 35.2 Å².